The van der Waals surface area contributed by atoms with E-state index >= 15 is 0 Å². The Morgan fingerprint density at radius 1 is 0.933 bits per heavy atom. The van der Waals surface area contributed by atoms with E-state index in [-0.39, 0.29) is 11.8 Å². The molecule has 3 rings (SSSR count). The average Bonchev–Trinajstić information content (AvgIpc) is 2.75. The van der Waals surface area contributed by atoms with Gasteiger partial charge in [-0.2, -0.15) is 0 Å². The zero-order chi connectivity index (χ0) is 21.5. The number of ether oxygens (including phenoxy) is 1. The SMILES string of the molecule is Cc1ccc(C)c(NC(=O)[C@H](C)Oc2ccccc2C(=O)NCc2ccccc2)c1. The van der Waals surface area contributed by atoms with E-state index in [9.17, 15) is 9.59 Å². The summed E-state index contributed by atoms with van der Waals surface area (Å²) >= 11 is 0. The molecule has 0 spiro atoms. The summed E-state index contributed by atoms with van der Waals surface area (Å²) in [4.78, 5) is 25.3. The summed E-state index contributed by atoms with van der Waals surface area (Å²) in [6.45, 7) is 5.99. The average molecular weight is 402 g/mol. The number of carbonyl (C=O) groups excluding carboxylic acids is 2. The van der Waals surface area contributed by atoms with Gasteiger partial charge in [-0.15, -0.1) is 0 Å². The topological polar surface area (TPSA) is 67.4 Å². The molecule has 0 aliphatic heterocycles. The smallest absolute Gasteiger partial charge is 0.265 e. The lowest BCUT2D eigenvalue weighted by atomic mass is 10.1. The lowest BCUT2D eigenvalue weighted by Gasteiger charge is -2.18. The van der Waals surface area contributed by atoms with E-state index < -0.39 is 6.10 Å². The van der Waals surface area contributed by atoms with E-state index in [1.807, 2.05) is 62.4 Å². The lowest BCUT2D eigenvalue weighted by Crippen LogP contribution is -2.31. The summed E-state index contributed by atoms with van der Waals surface area (Å²) in [5.74, 6) is -0.161. The van der Waals surface area contributed by atoms with Crippen molar-refractivity contribution in [3.05, 3.63) is 95.1 Å². The van der Waals surface area contributed by atoms with Gasteiger partial charge < -0.3 is 15.4 Å². The van der Waals surface area contributed by atoms with E-state index in [4.69, 9.17) is 4.74 Å². The van der Waals surface area contributed by atoms with E-state index in [0.717, 1.165) is 22.4 Å². The Kier molecular flexibility index (Phi) is 6.86. The van der Waals surface area contributed by atoms with Crippen molar-refractivity contribution in [2.75, 3.05) is 5.32 Å². The second kappa shape index (κ2) is 9.74. The minimum atomic E-state index is -0.770. The van der Waals surface area contributed by atoms with Crippen molar-refractivity contribution >= 4 is 17.5 Å². The third kappa shape index (κ3) is 5.47. The highest BCUT2D eigenvalue weighted by Gasteiger charge is 2.19. The maximum Gasteiger partial charge on any atom is 0.265 e. The molecule has 0 unspecified atom stereocenters. The van der Waals surface area contributed by atoms with Crippen molar-refractivity contribution in [3.63, 3.8) is 0 Å². The van der Waals surface area contributed by atoms with Gasteiger partial charge in [-0.3, -0.25) is 9.59 Å². The number of anilines is 1. The van der Waals surface area contributed by atoms with Gasteiger partial charge in [0.05, 0.1) is 5.56 Å². The van der Waals surface area contributed by atoms with Crippen LogP contribution >= 0.6 is 0 Å². The fourth-order valence-corrected chi connectivity index (χ4v) is 2.98. The van der Waals surface area contributed by atoms with Crippen LogP contribution in [0.25, 0.3) is 0 Å². The molecule has 2 amide bonds. The molecular formula is C25H26N2O3. The fraction of sp³-hybridized carbons (Fsp3) is 0.200. The molecule has 154 valence electrons. The van der Waals surface area contributed by atoms with Gasteiger partial charge in [0.2, 0.25) is 0 Å². The van der Waals surface area contributed by atoms with Gasteiger partial charge in [-0.05, 0) is 55.7 Å². The Hall–Kier alpha value is -3.60. The Balaban J connectivity index is 1.66. The predicted molar refractivity (Wildman–Crippen MR) is 119 cm³/mol. The quantitative estimate of drug-likeness (QED) is 0.605. The highest BCUT2D eigenvalue weighted by atomic mass is 16.5. The van der Waals surface area contributed by atoms with Crippen LogP contribution in [-0.4, -0.2) is 17.9 Å². The summed E-state index contributed by atoms with van der Waals surface area (Å²) in [7, 11) is 0. The minimum Gasteiger partial charge on any atom is -0.480 e. The number of amides is 2. The summed E-state index contributed by atoms with van der Waals surface area (Å²) in [6, 6.07) is 22.5. The zero-order valence-electron chi connectivity index (χ0n) is 17.4. The van der Waals surface area contributed by atoms with Crippen molar-refractivity contribution in [1.82, 2.24) is 5.32 Å². The normalized spacial score (nSPS) is 11.4. The Morgan fingerprint density at radius 3 is 2.40 bits per heavy atom. The maximum absolute atomic E-state index is 12.7. The van der Waals surface area contributed by atoms with Crippen molar-refractivity contribution in [2.45, 2.75) is 33.4 Å². The third-order valence-electron chi connectivity index (χ3n) is 4.75. The molecule has 0 fully saturated rings. The van der Waals surface area contributed by atoms with Gasteiger partial charge in [-0.25, -0.2) is 0 Å². The van der Waals surface area contributed by atoms with Crippen LogP contribution in [-0.2, 0) is 11.3 Å². The van der Waals surface area contributed by atoms with Gasteiger partial charge in [0, 0.05) is 12.2 Å². The first-order valence-electron chi connectivity index (χ1n) is 9.90. The number of benzene rings is 3. The number of hydrogen-bond donors (Lipinski definition) is 2. The molecule has 2 N–H and O–H groups in total. The summed E-state index contributed by atoms with van der Waals surface area (Å²) in [5.41, 5.74) is 4.18. The molecule has 1 atom stereocenters. The van der Waals surface area contributed by atoms with Crippen LogP contribution in [0.1, 0.15) is 34.0 Å². The molecule has 0 saturated heterocycles. The molecule has 3 aromatic rings. The van der Waals surface area contributed by atoms with Crippen LogP contribution in [0, 0.1) is 13.8 Å². The number of para-hydroxylation sites is 1. The molecule has 0 saturated carbocycles. The standard InChI is InChI=1S/C25H26N2O3/c1-17-13-14-18(2)22(15-17)27-24(28)19(3)30-23-12-8-7-11-21(23)25(29)26-16-20-9-5-4-6-10-20/h4-15,19H,16H2,1-3H3,(H,26,29)(H,27,28)/t19-/m0/s1. The molecule has 30 heavy (non-hydrogen) atoms. The Labute approximate surface area is 177 Å². The van der Waals surface area contributed by atoms with Crippen molar-refractivity contribution < 1.29 is 14.3 Å². The minimum absolute atomic E-state index is 0.253. The molecule has 5 heteroatoms. The van der Waals surface area contributed by atoms with E-state index in [1.54, 1.807) is 31.2 Å². The summed E-state index contributed by atoms with van der Waals surface area (Å²) < 4.78 is 5.85. The molecule has 0 heterocycles. The largest absolute Gasteiger partial charge is 0.480 e. The van der Waals surface area contributed by atoms with Gasteiger partial charge in [0.15, 0.2) is 6.10 Å². The first-order chi connectivity index (χ1) is 14.4. The molecule has 0 aliphatic rings. The van der Waals surface area contributed by atoms with Crippen LogP contribution in [0.4, 0.5) is 5.69 Å². The van der Waals surface area contributed by atoms with Crippen LogP contribution in [0.5, 0.6) is 5.75 Å². The molecule has 0 bridgehead atoms. The van der Waals surface area contributed by atoms with Crippen LogP contribution in [0.3, 0.4) is 0 Å². The first-order valence-corrected chi connectivity index (χ1v) is 9.90. The Bertz CT molecular complexity index is 1030. The van der Waals surface area contributed by atoms with Crippen molar-refractivity contribution in [2.24, 2.45) is 0 Å². The van der Waals surface area contributed by atoms with Crippen LogP contribution < -0.4 is 15.4 Å². The molecule has 0 radical (unpaired) electrons. The monoisotopic (exact) mass is 402 g/mol. The molecule has 3 aromatic carbocycles. The van der Waals surface area contributed by atoms with Crippen molar-refractivity contribution in [3.8, 4) is 5.75 Å². The van der Waals surface area contributed by atoms with E-state index in [2.05, 4.69) is 10.6 Å². The third-order valence-corrected chi connectivity index (χ3v) is 4.75. The second-order valence-corrected chi connectivity index (χ2v) is 7.23. The second-order valence-electron chi connectivity index (χ2n) is 7.23. The van der Waals surface area contributed by atoms with Gasteiger partial charge in [0.25, 0.3) is 11.8 Å². The summed E-state index contributed by atoms with van der Waals surface area (Å²) in [5, 5.41) is 5.79. The van der Waals surface area contributed by atoms with E-state index in [0.29, 0.717) is 17.9 Å². The maximum atomic E-state index is 12.7. The van der Waals surface area contributed by atoms with Crippen molar-refractivity contribution in [1.29, 1.82) is 0 Å². The molecule has 0 aliphatic carbocycles. The molecule has 5 nitrogen and oxygen atoms in total. The van der Waals surface area contributed by atoms with Crippen LogP contribution in [0.2, 0.25) is 0 Å². The van der Waals surface area contributed by atoms with Crippen LogP contribution in [0.15, 0.2) is 72.8 Å². The number of nitrogens with one attached hydrogen (secondary N) is 2. The number of carbonyl (C=O) groups is 2. The molecule has 0 aromatic heterocycles. The lowest BCUT2D eigenvalue weighted by molar-refractivity contribution is -0.122. The van der Waals surface area contributed by atoms with Gasteiger partial charge in [-0.1, -0.05) is 54.6 Å². The number of aryl methyl sites for hydroxylation is 2. The van der Waals surface area contributed by atoms with Gasteiger partial charge in [0.1, 0.15) is 5.75 Å². The predicted octanol–water partition coefficient (Wildman–Crippen LogP) is 4.64. The highest BCUT2D eigenvalue weighted by Crippen LogP contribution is 2.21. The summed E-state index contributed by atoms with van der Waals surface area (Å²) in [6.07, 6.45) is -0.770. The Morgan fingerprint density at radius 2 is 1.63 bits per heavy atom. The van der Waals surface area contributed by atoms with Gasteiger partial charge >= 0.3 is 0 Å². The first kappa shape index (κ1) is 21.1. The number of hydrogen-bond acceptors (Lipinski definition) is 3. The fourth-order valence-electron chi connectivity index (χ4n) is 2.98. The van der Waals surface area contributed by atoms with E-state index in [1.165, 1.54) is 0 Å². The highest BCUT2D eigenvalue weighted by molar-refractivity contribution is 5.98. The molecular weight excluding hydrogens is 376 g/mol. The zero-order valence-corrected chi connectivity index (χ0v) is 17.4. The number of rotatable bonds is 7.